The molecule has 2 aromatic rings. The van der Waals surface area contributed by atoms with Crippen LogP contribution in [0.15, 0.2) is 59.5 Å². The number of benzene rings is 2. The number of carbonyl (C=O) groups excluding carboxylic acids is 1. The Kier molecular flexibility index (Phi) is 4.92. The normalized spacial score (nSPS) is 16.9. The second-order valence-electron chi connectivity index (χ2n) is 6.19. The summed E-state index contributed by atoms with van der Waals surface area (Å²) in [6.45, 7) is 3.81. The Morgan fingerprint density at radius 2 is 1.76 bits per heavy atom. The maximum atomic E-state index is 12.9. The Morgan fingerprint density at radius 3 is 2.44 bits per heavy atom. The molecule has 0 N–H and O–H groups in total. The van der Waals surface area contributed by atoms with Gasteiger partial charge >= 0.3 is 0 Å². The van der Waals surface area contributed by atoms with Crippen LogP contribution in [0.2, 0.25) is 0 Å². The predicted octanol–water partition coefficient (Wildman–Crippen LogP) is 2.68. The van der Waals surface area contributed by atoms with E-state index in [2.05, 4.69) is 0 Å². The zero-order chi connectivity index (χ0) is 18.0. The van der Waals surface area contributed by atoms with Crippen molar-refractivity contribution >= 4 is 21.6 Å². The van der Waals surface area contributed by atoms with Crippen molar-refractivity contribution in [2.75, 3.05) is 18.0 Å². The van der Waals surface area contributed by atoms with Gasteiger partial charge in [0, 0.05) is 18.3 Å². The van der Waals surface area contributed by atoms with E-state index >= 15 is 0 Å². The molecule has 1 atom stereocenters. The molecule has 0 radical (unpaired) electrons. The lowest BCUT2D eigenvalue weighted by Crippen LogP contribution is -2.45. The van der Waals surface area contributed by atoms with Crippen LogP contribution >= 0.6 is 0 Å². The van der Waals surface area contributed by atoms with Crippen molar-refractivity contribution in [3.8, 4) is 0 Å². The van der Waals surface area contributed by atoms with Gasteiger partial charge in [-0.2, -0.15) is 4.31 Å². The van der Waals surface area contributed by atoms with Gasteiger partial charge in [0.05, 0.1) is 11.4 Å². The highest BCUT2D eigenvalue weighted by atomic mass is 32.2. The van der Waals surface area contributed by atoms with Crippen LogP contribution in [0.3, 0.4) is 0 Å². The molecule has 132 valence electrons. The van der Waals surface area contributed by atoms with Gasteiger partial charge in [0.2, 0.25) is 15.9 Å². The predicted molar refractivity (Wildman–Crippen MR) is 98.0 cm³/mol. The first-order valence-electron chi connectivity index (χ1n) is 8.40. The van der Waals surface area contributed by atoms with Crippen LogP contribution in [0.4, 0.5) is 5.69 Å². The molecule has 0 spiro atoms. The number of anilines is 1. The van der Waals surface area contributed by atoms with E-state index in [-0.39, 0.29) is 29.9 Å². The van der Waals surface area contributed by atoms with E-state index in [9.17, 15) is 13.2 Å². The van der Waals surface area contributed by atoms with Crippen LogP contribution in [-0.4, -0.2) is 37.8 Å². The summed E-state index contributed by atoms with van der Waals surface area (Å²) >= 11 is 0. The Morgan fingerprint density at radius 1 is 1.12 bits per heavy atom. The fourth-order valence-corrected chi connectivity index (χ4v) is 4.70. The lowest BCUT2D eigenvalue weighted by molar-refractivity contribution is -0.119. The summed E-state index contributed by atoms with van der Waals surface area (Å²) in [6.07, 6.45) is 0.791. The fraction of sp³-hybridized carbons (Fsp3) is 0.316. The molecular formula is C19H22N2O3S. The Bertz CT molecular complexity index is 865. The average Bonchev–Trinajstić information content (AvgIpc) is 2.95. The summed E-state index contributed by atoms with van der Waals surface area (Å²) in [4.78, 5) is 14.8. The number of likely N-dealkylation sites (N-methyl/N-ethyl adjacent to an activating group) is 1. The number of carbonyl (C=O) groups is 1. The first-order valence-corrected chi connectivity index (χ1v) is 9.84. The second-order valence-corrected chi connectivity index (χ2v) is 8.13. The molecule has 3 rings (SSSR count). The molecule has 1 aliphatic rings. The van der Waals surface area contributed by atoms with Gasteiger partial charge in [-0.05, 0) is 37.1 Å². The first-order chi connectivity index (χ1) is 11.9. The molecule has 1 heterocycles. The molecule has 1 amide bonds. The highest BCUT2D eigenvalue weighted by molar-refractivity contribution is 7.89. The number of sulfonamides is 1. The summed E-state index contributed by atoms with van der Waals surface area (Å²) in [5.41, 5.74) is 2.01. The molecule has 0 saturated carbocycles. The summed E-state index contributed by atoms with van der Waals surface area (Å²) in [5, 5.41) is 0. The molecule has 0 aromatic heterocycles. The monoisotopic (exact) mass is 358 g/mol. The highest BCUT2D eigenvalue weighted by Gasteiger charge is 2.33. The van der Waals surface area contributed by atoms with Crippen LogP contribution < -0.4 is 4.90 Å². The van der Waals surface area contributed by atoms with E-state index in [0.29, 0.717) is 0 Å². The molecular weight excluding hydrogens is 336 g/mol. The van der Waals surface area contributed by atoms with Gasteiger partial charge in [0.1, 0.15) is 0 Å². The molecule has 0 fully saturated rings. The zero-order valence-corrected chi connectivity index (χ0v) is 15.2. The minimum absolute atomic E-state index is 0.0306. The quantitative estimate of drug-likeness (QED) is 0.826. The van der Waals surface area contributed by atoms with Crippen LogP contribution in [-0.2, 0) is 21.2 Å². The lowest BCUT2D eigenvalue weighted by atomic mass is 10.1. The van der Waals surface area contributed by atoms with E-state index in [1.165, 1.54) is 4.31 Å². The standard InChI is InChI=1S/C19H22N2O3S/c1-3-20(25(23,24)17-10-5-4-6-11-17)14-19(22)21-15(2)13-16-9-7-8-12-18(16)21/h4-12,15H,3,13-14H2,1-2H3/t15-/m0/s1. The van der Waals surface area contributed by atoms with Gasteiger partial charge in [-0.25, -0.2) is 8.42 Å². The van der Waals surface area contributed by atoms with Crippen LogP contribution in [0.1, 0.15) is 19.4 Å². The second kappa shape index (κ2) is 6.98. The van der Waals surface area contributed by atoms with Gasteiger partial charge in [0.25, 0.3) is 0 Å². The maximum Gasteiger partial charge on any atom is 0.243 e. The van der Waals surface area contributed by atoms with Gasteiger partial charge in [0.15, 0.2) is 0 Å². The molecule has 0 unspecified atom stereocenters. The third-order valence-electron chi connectivity index (χ3n) is 4.52. The lowest BCUT2D eigenvalue weighted by Gasteiger charge is -2.27. The Labute approximate surface area is 148 Å². The number of hydrogen-bond acceptors (Lipinski definition) is 3. The SMILES string of the molecule is CCN(CC(=O)N1c2ccccc2C[C@@H]1C)S(=O)(=O)c1ccccc1. The number of fused-ring (bicyclic) bond motifs is 1. The minimum Gasteiger partial charge on any atom is -0.308 e. The van der Waals surface area contributed by atoms with Crippen LogP contribution in [0.25, 0.3) is 0 Å². The van der Waals surface area contributed by atoms with Gasteiger partial charge in [-0.1, -0.05) is 43.3 Å². The fourth-order valence-electron chi connectivity index (χ4n) is 3.28. The van der Waals surface area contributed by atoms with Crippen LogP contribution in [0, 0.1) is 0 Å². The Balaban J connectivity index is 1.84. The maximum absolute atomic E-state index is 12.9. The minimum atomic E-state index is -3.68. The van der Waals surface area contributed by atoms with Crippen molar-refractivity contribution in [1.82, 2.24) is 4.31 Å². The van der Waals surface area contributed by atoms with Crippen LogP contribution in [0.5, 0.6) is 0 Å². The van der Waals surface area contributed by atoms with Gasteiger partial charge < -0.3 is 4.90 Å². The topological polar surface area (TPSA) is 57.7 Å². The van der Waals surface area contributed by atoms with Crippen molar-refractivity contribution in [3.63, 3.8) is 0 Å². The molecule has 25 heavy (non-hydrogen) atoms. The van der Waals surface area contributed by atoms with Crippen molar-refractivity contribution in [2.24, 2.45) is 0 Å². The van der Waals surface area contributed by atoms with Gasteiger partial charge in [-0.15, -0.1) is 0 Å². The average molecular weight is 358 g/mol. The number of para-hydroxylation sites is 1. The Hall–Kier alpha value is -2.18. The van der Waals surface area contributed by atoms with Crippen molar-refractivity contribution < 1.29 is 13.2 Å². The highest BCUT2D eigenvalue weighted by Crippen LogP contribution is 2.32. The summed E-state index contributed by atoms with van der Waals surface area (Å²) in [5.74, 6) is -0.196. The molecule has 6 heteroatoms. The summed E-state index contributed by atoms with van der Waals surface area (Å²) in [7, 11) is -3.68. The van der Waals surface area contributed by atoms with E-state index in [4.69, 9.17) is 0 Å². The number of nitrogens with zero attached hydrogens (tertiary/aromatic N) is 2. The van der Waals surface area contributed by atoms with E-state index in [1.54, 1.807) is 42.2 Å². The van der Waals surface area contributed by atoms with Gasteiger partial charge in [-0.3, -0.25) is 4.79 Å². The number of hydrogen-bond donors (Lipinski definition) is 0. The molecule has 0 saturated heterocycles. The molecule has 0 bridgehead atoms. The first kappa shape index (κ1) is 17.6. The third-order valence-corrected chi connectivity index (χ3v) is 6.46. The van der Waals surface area contributed by atoms with Crippen molar-refractivity contribution in [3.05, 3.63) is 60.2 Å². The molecule has 0 aliphatic carbocycles. The van der Waals surface area contributed by atoms with Crippen molar-refractivity contribution in [2.45, 2.75) is 31.2 Å². The number of rotatable bonds is 5. The van der Waals surface area contributed by atoms with E-state index < -0.39 is 10.0 Å². The van der Waals surface area contributed by atoms with Crippen molar-refractivity contribution in [1.29, 1.82) is 0 Å². The summed E-state index contributed by atoms with van der Waals surface area (Å²) < 4.78 is 26.8. The molecule has 5 nitrogen and oxygen atoms in total. The molecule has 2 aromatic carbocycles. The zero-order valence-electron chi connectivity index (χ0n) is 14.4. The number of amides is 1. The van der Waals surface area contributed by atoms with E-state index in [1.807, 2.05) is 31.2 Å². The largest absolute Gasteiger partial charge is 0.308 e. The summed E-state index contributed by atoms with van der Waals surface area (Å²) in [6, 6.07) is 16.0. The third kappa shape index (κ3) is 3.32. The van der Waals surface area contributed by atoms with E-state index in [0.717, 1.165) is 17.7 Å². The smallest absolute Gasteiger partial charge is 0.243 e. The molecule has 1 aliphatic heterocycles.